The Balaban J connectivity index is 2.34. The topological polar surface area (TPSA) is 68.9 Å². The smallest absolute Gasteiger partial charge is 0.193 e. The van der Waals surface area contributed by atoms with Crippen molar-refractivity contribution in [2.75, 3.05) is 14.2 Å². The molecular formula is C15H14O5. The van der Waals surface area contributed by atoms with Crippen molar-refractivity contribution in [1.82, 2.24) is 0 Å². The van der Waals surface area contributed by atoms with Crippen LogP contribution in [0.3, 0.4) is 0 Å². The number of ether oxygens (including phenoxy) is 2. The summed E-state index contributed by atoms with van der Waals surface area (Å²) in [5.41, 5.74) is 0.0797. The van der Waals surface area contributed by atoms with Crippen molar-refractivity contribution in [2.45, 2.75) is 0 Å². The van der Waals surface area contributed by atoms with E-state index in [1.807, 2.05) is 0 Å². The number of methoxy groups -OCH3 is 2. The van der Waals surface area contributed by atoms with Crippen molar-refractivity contribution < 1.29 is 23.8 Å². The highest BCUT2D eigenvalue weighted by molar-refractivity contribution is 6.10. The van der Waals surface area contributed by atoms with Crippen LogP contribution < -0.4 is 9.47 Å². The molecule has 0 saturated carbocycles. The fraction of sp³-hybridized carbons (Fsp3) is 0.133. The van der Waals surface area contributed by atoms with Gasteiger partial charge in [-0.15, -0.1) is 0 Å². The zero-order valence-corrected chi connectivity index (χ0v) is 11.1. The number of hydrogen-bond donors (Lipinski definition) is 1. The Morgan fingerprint density at radius 2 is 2.10 bits per heavy atom. The summed E-state index contributed by atoms with van der Waals surface area (Å²) in [6, 6.07) is 6.33. The lowest BCUT2D eigenvalue weighted by Gasteiger charge is -2.10. The van der Waals surface area contributed by atoms with Gasteiger partial charge in [0.2, 0.25) is 0 Å². The third-order valence-electron chi connectivity index (χ3n) is 2.70. The van der Waals surface area contributed by atoms with Gasteiger partial charge in [0.25, 0.3) is 0 Å². The largest absolute Gasteiger partial charge is 0.507 e. The van der Waals surface area contributed by atoms with Crippen LogP contribution in [-0.4, -0.2) is 25.1 Å². The second-order valence-corrected chi connectivity index (χ2v) is 3.94. The van der Waals surface area contributed by atoms with Crippen LogP contribution >= 0.6 is 0 Å². The molecule has 0 aliphatic heterocycles. The second-order valence-electron chi connectivity index (χ2n) is 3.94. The minimum atomic E-state index is -0.390. The molecule has 0 unspecified atom stereocenters. The first-order valence-electron chi connectivity index (χ1n) is 5.86. The van der Waals surface area contributed by atoms with Crippen LogP contribution in [0.4, 0.5) is 0 Å². The summed E-state index contributed by atoms with van der Waals surface area (Å²) in [5.74, 6) is 0.612. The first kappa shape index (κ1) is 13.7. The van der Waals surface area contributed by atoms with Gasteiger partial charge < -0.3 is 19.0 Å². The van der Waals surface area contributed by atoms with Gasteiger partial charge in [-0.3, -0.25) is 4.79 Å². The van der Waals surface area contributed by atoms with E-state index in [-0.39, 0.29) is 17.1 Å². The number of benzene rings is 1. The second kappa shape index (κ2) is 5.97. The van der Waals surface area contributed by atoms with Crippen LogP contribution in [0.5, 0.6) is 17.2 Å². The molecule has 1 aromatic heterocycles. The van der Waals surface area contributed by atoms with Gasteiger partial charge >= 0.3 is 0 Å². The van der Waals surface area contributed by atoms with Crippen molar-refractivity contribution in [3.8, 4) is 17.2 Å². The van der Waals surface area contributed by atoms with E-state index >= 15 is 0 Å². The van der Waals surface area contributed by atoms with E-state index in [9.17, 15) is 9.90 Å². The number of aromatic hydroxyl groups is 1. The number of allylic oxidation sites excluding steroid dienone is 1. The minimum Gasteiger partial charge on any atom is -0.507 e. The summed E-state index contributed by atoms with van der Waals surface area (Å²) >= 11 is 0. The van der Waals surface area contributed by atoms with Crippen LogP contribution in [0, 0.1) is 0 Å². The Kier molecular flexibility index (Phi) is 4.10. The number of rotatable bonds is 5. The molecule has 20 heavy (non-hydrogen) atoms. The molecule has 2 rings (SSSR count). The molecule has 1 heterocycles. The molecule has 0 fully saturated rings. The maximum atomic E-state index is 12.1. The van der Waals surface area contributed by atoms with Crippen LogP contribution in [-0.2, 0) is 0 Å². The average molecular weight is 274 g/mol. The molecular weight excluding hydrogens is 260 g/mol. The first-order valence-corrected chi connectivity index (χ1v) is 5.86. The number of phenolic OH excluding ortho intramolecular Hbond substituents is 1. The highest BCUT2D eigenvalue weighted by Gasteiger charge is 2.17. The summed E-state index contributed by atoms with van der Waals surface area (Å²) in [4.78, 5) is 12.1. The van der Waals surface area contributed by atoms with Gasteiger partial charge in [-0.2, -0.15) is 0 Å². The summed E-state index contributed by atoms with van der Waals surface area (Å²) in [6.45, 7) is 0. The molecule has 0 bridgehead atoms. The van der Waals surface area contributed by atoms with Crippen molar-refractivity contribution in [3.05, 3.63) is 47.9 Å². The molecule has 0 saturated heterocycles. The molecule has 5 nitrogen and oxygen atoms in total. The Morgan fingerprint density at radius 3 is 2.70 bits per heavy atom. The molecule has 1 N–H and O–H groups in total. The van der Waals surface area contributed by atoms with Crippen LogP contribution in [0.25, 0.3) is 6.08 Å². The number of furan rings is 1. The molecule has 2 aromatic rings. The van der Waals surface area contributed by atoms with Crippen molar-refractivity contribution >= 4 is 11.9 Å². The maximum absolute atomic E-state index is 12.1. The van der Waals surface area contributed by atoms with E-state index in [1.165, 1.54) is 44.8 Å². The zero-order valence-electron chi connectivity index (χ0n) is 11.1. The SMILES string of the molecule is COc1cc(O)c(C(=O)/C=C/c2ccco2)c(OC)c1. The summed E-state index contributed by atoms with van der Waals surface area (Å²) in [6.07, 6.45) is 4.34. The normalized spacial score (nSPS) is 10.7. The minimum absolute atomic E-state index is 0.0797. The molecule has 0 spiro atoms. The Hall–Kier alpha value is -2.69. The highest BCUT2D eigenvalue weighted by atomic mass is 16.5. The lowest BCUT2D eigenvalue weighted by atomic mass is 10.1. The van der Waals surface area contributed by atoms with Gasteiger partial charge in [-0.05, 0) is 24.3 Å². The van der Waals surface area contributed by atoms with Crippen molar-refractivity contribution in [1.29, 1.82) is 0 Å². The third-order valence-corrected chi connectivity index (χ3v) is 2.70. The highest BCUT2D eigenvalue weighted by Crippen LogP contribution is 2.33. The van der Waals surface area contributed by atoms with Gasteiger partial charge in [-0.25, -0.2) is 0 Å². The molecule has 0 aliphatic rings. The number of phenols is 1. The van der Waals surface area contributed by atoms with Crippen LogP contribution in [0.15, 0.2) is 41.0 Å². The fourth-order valence-corrected chi connectivity index (χ4v) is 1.73. The van der Waals surface area contributed by atoms with Gasteiger partial charge in [0.1, 0.15) is 28.6 Å². The standard InChI is InChI=1S/C15H14O5/c1-18-11-8-13(17)15(14(9-11)19-2)12(16)6-5-10-4-3-7-20-10/h3-9,17H,1-2H3/b6-5+. The fourth-order valence-electron chi connectivity index (χ4n) is 1.73. The number of ketones is 1. The Labute approximate surface area is 116 Å². The Bertz CT molecular complexity index is 626. The number of hydrogen-bond acceptors (Lipinski definition) is 5. The van der Waals surface area contributed by atoms with Gasteiger partial charge in [0, 0.05) is 12.1 Å². The molecule has 0 atom stereocenters. The predicted molar refractivity (Wildman–Crippen MR) is 73.3 cm³/mol. The van der Waals surface area contributed by atoms with Gasteiger partial charge in [0.15, 0.2) is 5.78 Å². The zero-order chi connectivity index (χ0) is 14.5. The summed E-state index contributed by atoms with van der Waals surface area (Å²) in [5, 5.41) is 9.92. The molecule has 104 valence electrons. The molecule has 1 aromatic carbocycles. The van der Waals surface area contributed by atoms with E-state index in [4.69, 9.17) is 13.9 Å². The van der Waals surface area contributed by atoms with Crippen LogP contribution in [0.2, 0.25) is 0 Å². The number of carbonyl (C=O) groups excluding carboxylic acids is 1. The van der Waals surface area contributed by atoms with Crippen molar-refractivity contribution in [2.24, 2.45) is 0 Å². The van der Waals surface area contributed by atoms with E-state index in [1.54, 1.807) is 12.1 Å². The van der Waals surface area contributed by atoms with E-state index in [2.05, 4.69) is 0 Å². The monoisotopic (exact) mass is 274 g/mol. The molecule has 0 radical (unpaired) electrons. The molecule has 0 amide bonds. The number of carbonyl (C=O) groups is 1. The average Bonchev–Trinajstić information content (AvgIpc) is 2.97. The van der Waals surface area contributed by atoms with Gasteiger partial charge in [-0.1, -0.05) is 0 Å². The van der Waals surface area contributed by atoms with E-state index < -0.39 is 5.78 Å². The van der Waals surface area contributed by atoms with Crippen molar-refractivity contribution in [3.63, 3.8) is 0 Å². The maximum Gasteiger partial charge on any atom is 0.193 e. The molecule has 5 heteroatoms. The lowest BCUT2D eigenvalue weighted by molar-refractivity contribution is 0.104. The lowest BCUT2D eigenvalue weighted by Crippen LogP contribution is -2.00. The van der Waals surface area contributed by atoms with Crippen LogP contribution in [0.1, 0.15) is 16.1 Å². The predicted octanol–water partition coefficient (Wildman–Crippen LogP) is 2.90. The third kappa shape index (κ3) is 2.83. The van der Waals surface area contributed by atoms with Gasteiger partial charge in [0.05, 0.1) is 20.5 Å². The first-order chi connectivity index (χ1) is 9.65. The Morgan fingerprint density at radius 1 is 1.30 bits per heavy atom. The quantitative estimate of drug-likeness (QED) is 0.670. The van der Waals surface area contributed by atoms with E-state index in [0.717, 1.165) is 0 Å². The molecule has 0 aliphatic carbocycles. The summed E-state index contributed by atoms with van der Waals surface area (Å²) in [7, 11) is 2.88. The van der Waals surface area contributed by atoms with E-state index in [0.29, 0.717) is 11.5 Å². The summed E-state index contributed by atoms with van der Waals surface area (Å²) < 4.78 is 15.2.